The Hall–Kier alpha value is -0.420. The Morgan fingerprint density at radius 1 is 1.33 bits per heavy atom. The monoisotopic (exact) mass is 272 g/mol. The summed E-state index contributed by atoms with van der Waals surface area (Å²) in [5.41, 5.74) is 0. The molecule has 2 aliphatic rings. The maximum Gasteiger partial charge on any atom is 0.317 e. The Bertz CT molecular complexity index is 268. The topological polar surface area (TPSA) is 52.6 Å². The van der Waals surface area contributed by atoms with Crippen molar-refractivity contribution in [3.8, 4) is 0 Å². The largest absolute Gasteiger partial charge is 0.396 e. The zero-order valence-corrected chi connectivity index (χ0v) is 11.8. The van der Waals surface area contributed by atoms with Gasteiger partial charge in [0.2, 0.25) is 0 Å². The number of piperidine rings is 1. The first-order valence-electron chi connectivity index (χ1n) is 7.07. The van der Waals surface area contributed by atoms with Gasteiger partial charge in [0.25, 0.3) is 0 Å². The Labute approximate surface area is 113 Å². The predicted octanol–water partition coefficient (Wildman–Crippen LogP) is 1.83. The molecule has 0 bridgehead atoms. The average molecular weight is 272 g/mol. The maximum absolute atomic E-state index is 12.3. The molecule has 2 heterocycles. The number of thioether (sulfide) groups is 1. The van der Waals surface area contributed by atoms with E-state index in [9.17, 15) is 4.79 Å². The van der Waals surface area contributed by atoms with Gasteiger partial charge in [-0.2, -0.15) is 11.8 Å². The number of aliphatic hydroxyl groups is 1. The lowest BCUT2D eigenvalue weighted by Gasteiger charge is -2.37. The van der Waals surface area contributed by atoms with Crippen LogP contribution in [0.4, 0.5) is 4.79 Å². The van der Waals surface area contributed by atoms with Crippen molar-refractivity contribution >= 4 is 17.8 Å². The highest BCUT2D eigenvalue weighted by Gasteiger charge is 2.27. The van der Waals surface area contributed by atoms with E-state index in [0.29, 0.717) is 12.5 Å². The molecule has 2 fully saturated rings. The van der Waals surface area contributed by atoms with E-state index in [0.717, 1.165) is 31.6 Å². The molecular formula is C13H24N2O2S. The zero-order valence-electron chi connectivity index (χ0n) is 10.9. The lowest BCUT2D eigenvalue weighted by atomic mass is 10.00. The SMILES string of the molecule is O=C(N[C@H]1CCCSC1)N1CCCC[C@@H]1CCO. The minimum absolute atomic E-state index is 0.0839. The molecule has 0 aliphatic carbocycles. The highest BCUT2D eigenvalue weighted by atomic mass is 32.2. The summed E-state index contributed by atoms with van der Waals surface area (Å²) in [7, 11) is 0. The third-order valence-electron chi connectivity index (χ3n) is 3.84. The fourth-order valence-electron chi connectivity index (χ4n) is 2.83. The number of carbonyl (C=O) groups is 1. The van der Waals surface area contributed by atoms with Gasteiger partial charge in [0, 0.05) is 31.0 Å². The highest BCUT2D eigenvalue weighted by Crippen LogP contribution is 2.21. The van der Waals surface area contributed by atoms with E-state index < -0.39 is 0 Å². The Kier molecular flexibility index (Phi) is 5.63. The average Bonchev–Trinajstić information content (AvgIpc) is 2.41. The number of hydrogen-bond acceptors (Lipinski definition) is 3. The second-order valence-corrected chi connectivity index (χ2v) is 6.37. The van der Waals surface area contributed by atoms with Gasteiger partial charge in [-0.3, -0.25) is 0 Å². The van der Waals surface area contributed by atoms with Crippen LogP contribution < -0.4 is 5.32 Å². The van der Waals surface area contributed by atoms with Crippen LogP contribution in [0.15, 0.2) is 0 Å². The summed E-state index contributed by atoms with van der Waals surface area (Å²) in [5, 5.41) is 12.2. The van der Waals surface area contributed by atoms with E-state index in [1.165, 1.54) is 18.6 Å². The van der Waals surface area contributed by atoms with Gasteiger partial charge in [-0.05, 0) is 44.3 Å². The molecule has 2 atom stereocenters. The van der Waals surface area contributed by atoms with Gasteiger partial charge in [-0.25, -0.2) is 4.79 Å². The number of nitrogens with one attached hydrogen (secondary N) is 1. The number of aliphatic hydroxyl groups excluding tert-OH is 1. The smallest absolute Gasteiger partial charge is 0.317 e. The van der Waals surface area contributed by atoms with E-state index in [1.54, 1.807) is 0 Å². The molecule has 2 aliphatic heterocycles. The molecule has 5 heteroatoms. The normalized spacial score (nSPS) is 29.1. The van der Waals surface area contributed by atoms with Crippen LogP contribution in [-0.2, 0) is 0 Å². The number of rotatable bonds is 3. The molecule has 2 rings (SSSR count). The summed E-state index contributed by atoms with van der Waals surface area (Å²) in [5.74, 6) is 2.27. The van der Waals surface area contributed by atoms with Crippen molar-refractivity contribution in [2.75, 3.05) is 24.7 Å². The summed E-state index contributed by atoms with van der Waals surface area (Å²) < 4.78 is 0. The first-order valence-corrected chi connectivity index (χ1v) is 8.22. The first kappa shape index (κ1) is 14.0. The molecule has 0 aromatic carbocycles. The van der Waals surface area contributed by atoms with E-state index in [-0.39, 0.29) is 18.7 Å². The number of hydrogen-bond donors (Lipinski definition) is 2. The molecule has 0 spiro atoms. The van der Waals surface area contributed by atoms with Crippen molar-refractivity contribution in [2.45, 2.75) is 50.6 Å². The Morgan fingerprint density at radius 2 is 2.22 bits per heavy atom. The standard InChI is InChI=1S/C13H24N2O2S/c16-8-6-12-5-1-2-7-15(12)13(17)14-11-4-3-9-18-10-11/h11-12,16H,1-10H2,(H,14,17)/t11-,12+/m0/s1. The van der Waals surface area contributed by atoms with Crippen molar-refractivity contribution in [3.05, 3.63) is 0 Å². The molecule has 4 nitrogen and oxygen atoms in total. The Morgan fingerprint density at radius 3 is 2.94 bits per heavy atom. The minimum atomic E-state index is 0.0839. The lowest BCUT2D eigenvalue weighted by Crippen LogP contribution is -2.52. The lowest BCUT2D eigenvalue weighted by molar-refractivity contribution is 0.129. The summed E-state index contributed by atoms with van der Waals surface area (Å²) in [4.78, 5) is 14.2. The first-order chi connectivity index (χ1) is 8.81. The number of urea groups is 1. The molecule has 0 aromatic rings. The van der Waals surface area contributed by atoms with Crippen molar-refractivity contribution in [2.24, 2.45) is 0 Å². The summed E-state index contributed by atoms with van der Waals surface area (Å²) in [6, 6.07) is 0.661. The van der Waals surface area contributed by atoms with Crippen LogP contribution in [0.3, 0.4) is 0 Å². The molecule has 18 heavy (non-hydrogen) atoms. The van der Waals surface area contributed by atoms with Crippen molar-refractivity contribution in [3.63, 3.8) is 0 Å². The van der Waals surface area contributed by atoms with Crippen molar-refractivity contribution in [1.82, 2.24) is 10.2 Å². The van der Waals surface area contributed by atoms with Gasteiger partial charge in [0.15, 0.2) is 0 Å². The molecule has 2 saturated heterocycles. The molecule has 0 unspecified atom stereocenters. The third kappa shape index (κ3) is 3.79. The van der Waals surface area contributed by atoms with Gasteiger partial charge in [0.1, 0.15) is 0 Å². The van der Waals surface area contributed by atoms with Crippen molar-refractivity contribution in [1.29, 1.82) is 0 Å². The zero-order chi connectivity index (χ0) is 12.8. The summed E-state index contributed by atoms with van der Waals surface area (Å²) in [6.45, 7) is 1.02. The quantitative estimate of drug-likeness (QED) is 0.824. The van der Waals surface area contributed by atoms with E-state index in [2.05, 4.69) is 5.32 Å². The molecule has 0 aromatic heterocycles. The van der Waals surface area contributed by atoms with Crippen LogP contribution in [0.25, 0.3) is 0 Å². The number of nitrogens with zero attached hydrogens (tertiary/aromatic N) is 1. The van der Waals surface area contributed by atoms with Gasteiger partial charge >= 0.3 is 6.03 Å². The molecular weight excluding hydrogens is 248 g/mol. The van der Waals surface area contributed by atoms with Crippen LogP contribution in [0, 0.1) is 0 Å². The third-order valence-corrected chi connectivity index (χ3v) is 5.05. The van der Waals surface area contributed by atoms with Crippen LogP contribution in [-0.4, -0.2) is 52.8 Å². The van der Waals surface area contributed by atoms with Gasteiger partial charge < -0.3 is 15.3 Å². The number of likely N-dealkylation sites (tertiary alicyclic amines) is 1. The molecule has 104 valence electrons. The fraction of sp³-hybridized carbons (Fsp3) is 0.923. The van der Waals surface area contributed by atoms with Crippen LogP contribution >= 0.6 is 11.8 Å². The summed E-state index contributed by atoms with van der Waals surface area (Å²) >= 11 is 1.93. The van der Waals surface area contributed by atoms with E-state index in [4.69, 9.17) is 5.11 Å². The minimum Gasteiger partial charge on any atom is -0.396 e. The van der Waals surface area contributed by atoms with Crippen molar-refractivity contribution < 1.29 is 9.90 Å². The number of carbonyl (C=O) groups excluding carboxylic acids is 1. The Balaban J connectivity index is 1.84. The second-order valence-electron chi connectivity index (χ2n) is 5.22. The van der Waals surface area contributed by atoms with E-state index in [1.807, 2.05) is 16.7 Å². The second kappa shape index (κ2) is 7.24. The molecule has 2 N–H and O–H groups in total. The van der Waals surface area contributed by atoms with Gasteiger partial charge in [-0.15, -0.1) is 0 Å². The maximum atomic E-state index is 12.3. The summed E-state index contributed by atoms with van der Waals surface area (Å²) in [6.07, 6.45) is 6.33. The van der Waals surface area contributed by atoms with Crippen LogP contribution in [0.1, 0.15) is 38.5 Å². The molecule has 0 saturated carbocycles. The van der Waals surface area contributed by atoms with Gasteiger partial charge in [0.05, 0.1) is 0 Å². The predicted molar refractivity (Wildman–Crippen MR) is 74.9 cm³/mol. The highest BCUT2D eigenvalue weighted by molar-refractivity contribution is 7.99. The van der Waals surface area contributed by atoms with Crippen LogP contribution in [0.2, 0.25) is 0 Å². The number of amides is 2. The molecule has 2 amide bonds. The van der Waals surface area contributed by atoms with Gasteiger partial charge in [-0.1, -0.05) is 0 Å². The van der Waals surface area contributed by atoms with Crippen LogP contribution in [0.5, 0.6) is 0 Å². The molecule has 0 radical (unpaired) electrons. The fourth-order valence-corrected chi connectivity index (χ4v) is 3.90. The van der Waals surface area contributed by atoms with E-state index >= 15 is 0 Å².